The van der Waals surface area contributed by atoms with Gasteiger partial charge in [0.25, 0.3) is 0 Å². The molecule has 152 valence electrons. The van der Waals surface area contributed by atoms with Gasteiger partial charge in [0.1, 0.15) is 0 Å². The molecule has 0 heterocycles. The summed E-state index contributed by atoms with van der Waals surface area (Å²) in [7, 11) is -0.590. The van der Waals surface area contributed by atoms with Crippen molar-refractivity contribution in [1.29, 1.82) is 0 Å². The van der Waals surface area contributed by atoms with E-state index in [1.165, 1.54) is 41.9 Å². The Morgan fingerprint density at radius 1 is 0.581 bits per heavy atom. The molecule has 0 unspecified atom stereocenters. The summed E-state index contributed by atoms with van der Waals surface area (Å²) in [5.41, 5.74) is 8.11. The van der Waals surface area contributed by atoms with E-state index >= 15 is 0 Å². The summed E-state index contributed by atoms with van der Waals surface area (Å²) in [4.78, 5) is 0. The maximum absolute atomic E-state index is 2.44. The van der Waals surface area contributed by atoms with Gasteiger partial charge in [-0.05, 0) is 84.3 Å². The molecule has 2 aliphatic rings. The van der Waals surface area contributed by atoms with Crippen molar-refractivity contribution in [2.24, 2.45) is 0 Å². The van der Waals surface area contributed by atoms with Crippen LogP contribution >= 0.6 is 7.92 Å². The first-order valence-electron chi connectivity index (χ1n) is 11.4. The van der Waals surface area contributed by atoms with Crippen molar-refractivity contribution in [3.05, 3.63) is 125 Å². The minimum Gasteiger partial charge on any atom is -0.0622 e. The highest BCUT2D eigenvalue weighted by Crippen LogP contribution is 2.54. The van der Waals surface area contributed by atoms with Crippen LogP contribution < -0.4 is 15.9 Å². The zero-order valence-electron chi connectivity index (χ0n) is 18.0. The van der Waals surface area contributed by atoms with Gasteiger partial charge in [-0.25, -0.2) is 0 Å². The van der Waals surface area contributed by atoms with Gasteiger partial charge in [0, 0.05) is 5.41 Å². The predicted octanol–water partition coefficient (Wildman–Crippen LogP) is 5.93. The van der Waals surface area contributed by atoms with Crippen molar-refractivity contribution in [2.75, 3.05) is 0 Å². The highest BCUT2D eigenvalue weighted by Gasteiger charge is 2.47. The van der Waals surface area contributed by atoms with Crippen LogP contribution in [0, 0.1) is 6.92 Å². The molecule has 1 atom stereocenters. The maximum Gasteiger partial charge on any atom is 0.0223 e. The molecule has 0 amide bonds. The van der Waals surface area contributed by atoms with Crippen molar-refractivity contribution in [1.82, 2.24) is 0 Å². The second-order valence-corrected chi connectivity index (χ2v) is 11.2. The van der Waals surface area contributed by atoms with Crippen LogP contribution in [0.5, 0.6) is 0 Å². The highest BCUT2D eigenvalue weighted by molar-refractivity contribution is 7.79. The smallest absolute Gasteiger partial charge is 0.0223 e. The molecular formula is C30H27P. The first kappa shape index (κ1) is 19.0. The quantitative estimate of drug-likeness (QED) is 0.362. The summed E-state index contributed by atoms with van der Waals surface area (Å²) in [5.74, 6) is 0. The first-order valence-corrected chi connectivity index (χ1v) is 12.7. The summed E-state index contributed by atoms with van der Waals surface area (Å²) in [5, 5.41) is 4.46. The van der Waals surface area contributed by atoms with Crippen molar-refractivity contribution in [3.8, 4) is 0 Å². The Bertz CT molecular complexity index is 1200. The van der Waals surface area contributed by atoms with E-state index in [0.29, 0.717) is 0 Å². The van der Waals surface area contributed by atoms with Gasteiger partial charge >= 0.3 is 0 Å². The third kappa shape index (κ3) is 2.93. The fraction of sp³-hybridized carbons (Fsp3) is 0.200. The van der Waals surface area contributed by atoms with E-state index in [0.717, 1.165) is 0 Å². The summed E-state index contributed by atoms with van der Waals surface area (Å²) >= 11 is 0. The molecule has 1 spiro atoms. The van der Waals surface area contributed by atoms with Crippen LogP contribution in [0.3, 0.4) is 0 Å². The third-order valence-electron chi connectivity index (χ3n) is 7.36. The van der Waals surface area contributed by atoms with E-state index in [-0.39, 0.29) is 5.41 Å². The van der Waals surface area contributed by atoms with Gasteiger partial charge in [0.15, 0.2) is 0 Å². The van der Waals surface area contributed by atoms with Crippen molar-refractivity contribution >= 4 is 23.8 Å². The molecule has 0 fully saturated rings. The average Bonchev–Trinajstić information content (AvgIpc) is 3.39. The summed E-state index contributed by atoms with van der Waals surface area (Å²) < 4.78 is 0. The Kier molecular flexibility index (Phi) is 4.58. The van der Waals surface area contributed by atoms with Gasteiger partial charge in [-0.3, -0.25) is 0 Å². The molecule has 0 aliphatic heterocycles. The van der Waals surface area contributed by atoms with E-state index in [1.807, 2.05) is 0 Å². The summed E-state index contributed by atoms with van der Waals surface area (Å²) in [6, 6.07) is 36.4. The average molecular weight is 419 g/mol. The molecule has 0 bridgehead atoms. The fourth-order valence-corrected chi connectivity index (χ4v) is 8.79. The topological polar surface area (TPSA) is 0 Å². The molecule has 4 aromatic carbocycles. The summed E-state index contributed by atoms with van der Waals surface area (Å²) in [6.07, 6.45) is 4.91. The van der Waals surface area contributed by atoms with Crippen LogP contribution in [0.25, 0.3) is 0 Å². The Labute approximate surface area is 186 Å². The largest absolute Gasteiger partial charge is 0.0622 e. The maximum atomic E-state index is 2.44. The molecule has 31 heavy (non-hydrogen) atoms. The van der Waals surface area contributed by atoms with Crippen LogP contribution in [-0.4, -0.2) is 0 Å². The van der Waals surface area contributed by atoms with Crippen molar-refractivity contribution < 1.29 is 0 Å². The number of benzene rings is 4. The monoisotopic (exact) mass is 418 g/mol. The Morgan fingerprint density at radius 3 is 1.74 bits per heavy atom. The van der Waals surface area contributed by atoms with Gasteiger partial charge in [-0.2, -0.15) is 0 Å². The van der Waals surface area contributed by atoms with E-state index in [2.05, 4.69) is 104 Å². The first-order chi connectivity index (χ1) is 15.3. The lowest BCUT2D eigenvalue weighted by Crippen LogP contribution is -2.32. The van der Waals surface area contributed by atoms with E-state index in [9.17, 15) is 0 Å². The Morgan fingerprint density at radius 2 is 1.13 bits per heavy atom. The van der Waals surface area contributed by atoms with Gasteiger partial charge in [-0.1, -0.05) is 97.1 Å². The summed E-state index contributed by atoms with van der Waals surface area (Å²) in [6.45, 7) is 2.32. The lowest BCUT2D eigenvalue weighted by molar-refractivity contribution is 0.507. The fourth-order valence-electron chi connectivity index (χ4n) is 6.18. The molecule has 0 saturated heterocycles. The standard InChI is InChI=1S/C30H27P/c1-22-10-8-11-23-18-20-30(28(22)23)21-19-24-12-9-17-27(29(24)30)31(25-13-4-2-5-14-25)26-15-6-3-7-16-26/h2-17H,18-21H2,1H3/t30-/m1/s1. The van der Waals surface area contributed by atoms with Gasteiger partial charge in [0.05, 0.1) is 0 Å². The number of fused-ring (bicyclic) bond motifs is 4. The lowest BCUT2D eigenvalue weighted by atomic mass is 9.75. The van der Waals surface area contributed by atoms with Gasteiger partial charge in [0.2, 0.25) is 0 Å². The number of hydrogen-bond donors (Lipinski definition) is 0. The van der Waals surface area contributed by atoms with Crippen molar-refractivity contribution in [2.45, 2.75) is 38.0 Å². The Hall–Kier alpha value is -2.69. The predicted molar refractivity (Wildman–Crippen MR) is 134 cm³/mol. The second kappa shape index (κ2) is 7.47. The second-order valence-electron chi connectivity index (χ2n) is 9.01. The Balaban J connectivity index is 1.62. The SMILES string of the molecule is Cc1cccc2c1[C@@]1(CC2)CCc2cccc(P(c3ccccc3)c3ccccc3)c21. The van der Waals surface area contributed by atoms with Gasteiger partial charge in [-0.15, -0.1) is 0 Å². The molecule has 4 aromatic rings. The molecular weight excluding hydrogens is 391 g/mol. The normalized spacial score (nSPS) is 19.0. The minimum absolute atomic E-state index is 0.191. The minimum atomic E-state index is -0.590. The molecule has 0 saturated carbocycles. The molecule has 0 aromatic heterocycles. The third-order valence-corrected chi connectivity index (χ3v) is 9.84. The van der Waals surface area contributed by atoms with E-state index in [1.54, 1.807) is 27.6 Å². The number of hydrogen-bond acceptors (Lipinski definition) is 0. The molecule has 1 heteroatoms. The van der Waals surface area contributed by atoms with Crippen LogP contribution in [0.1, 0.15) is 40.7 Å². The van der Waals surface area contributed by atoms with Crippen LogP contribution in [0.2, 0.25) is 0 Å². The van der Waals surface area contributed by atoms with E-state index in [4.69, 9.17) is 0 Å². The van der Waals surface area contributed by atoms with E-state index < -0.39 is 7.92 Å². The van der Waals surface area contributed by atoms with Crippen LogP contribution in [0.4, 0.5) is 0 Å². The van der Waals surface area contributed by atoms with Crippen LogP contribution in [0.15, 0.2) is 97.1 Å². The molecule has 6 rings (SSSR count). The zero-order valence-corrected chi connectivity index (χ0v) is 18.9. The van der Waals surface area contributed by atoms with Crippen molar-refractivity contribution in [3.63, 3.8) is 0 Å². The number of aryl methyl sites for hydroxylation is 3. The highest BCUT2D eigenvalue weighted by atomic mass is 31.1. The molecule has 2 aliphatic carbocycles. The van der Waals surface area contributed by atoms with Gasteiger partial charge < -0.3 is 0 Å². The lowest BCUT2D eigenvalue weighted by Gasteiger charge is -2.33. The number of rotatable bonds is 3. The molecule has 0 nitrogen and oxygen atoms in total. The van der Waals surface area contributed by atoms with Crippen LogP contribution in [-0.2, 0) is 18.3 Å². The zero-order chi connectivity index (χ0) is 20.8. The molecule has 0 N–H and O–H groups in total. The molecule has 0 radical (unpaired) electrons.